The van der Waals surface area contributed by atoms with E-state index in [1.165, 1.54) is 0 Å². The van der Waals surface area contributed by atoms with Crippen molar-refractivity contribution in [3.05, 3.63) is 0 Å². The molecule has 0 bridgehead atoms. The molecule has 1 rings (SSSR count). The molecule has 0 aliphatic heterocycles. The first-order chi connectivity index (χ1) is 12.0. The van der Waals surface area contributed by atoms with E-state index in [9.17, 15) is 13.2 Å². The first-order valence-electron chi connectivity index (χ1n) is 9.16. The van der Waals surface area contributed by atoms with Crippen molar-refractivity contribution in [1.29, 1.82) is 0 Å². The summed E-state index contributed by atoms with van der Waals surface area (Å²) in [4.78, 5) is 4.07. The van der Waals surface area contributed by atoms with E-state index < -0.39 is 12.1 Å². The number of guanidine groups is 1. The van der Waals surface area contributed by atoms with E-state index >= 15 is 0 Å². The number of hydrogen-bond donors (Lipinski definition) is 2. The molecule has 0 radical (unpaired) electrons. The topological polar surface area (TPSA) is 54.9 Å². The molecule has 148 valence electrons. The highest BCUT2D eigenvalue weighted by molar-refractivity contribution is 5.79. The zero-order chi connectivity index (χ0) is 18.5. The van der Waals surface area contributed by atoms with E-state index in [1.807, 2.05) is 0 Å². The first-order valence-corrected chi connectivity index (χ1v) is 9.16. The zero-order valence-corrected chi connectivity index (χ0v) is 15.3. The Balaban J connectivity index is 2.14. The lowest BCUT2D eigenvalue weighted by atomic mass is 9.85. The smallest absolute Gasteiger partial charge is 0.379 e. The molecule has 0 aromatic carbocycles. The van der Waals surface area contributed by atoms with Crippen LogP contribution >= 0.6 is 0 Å². The molecule has 1 fully saturated rings. The molecular formula is C17H32F3N3O2. The van der Waals surface area contributed by atoms with E-state index in [1.54, 1.807) is 7.05 Å². The quantitative estimate of drug-likeness (QED) is 0.354. The number of hydrogen-bond acceptors (Lipinski definition) is 3. The number of rotatable bonds is 10. The van der Waals surface area contributed by atoms with E-state index in [0.29, 0.717) is 38.7 Å². The number of nitrogens with zero attached hydrogens (tertiary/aromatic N) is 1. The summed E-state index contributed by atoms with van der Waals surface area (Å²) in [6.45, 7) is 5.02. The van der Waals surface area contributed by atoms with Gasteiger partial charge in [-0.2, -0.15) is 13.2 Å². The molecule has 1 aliphatic carbocycles. The standard InChI is InChI=1S/C17H32F3N3O2/c1-3-4-9-24-11-12-25-10-8-22-16(21-2)23-15-7-5-6-14(13-15)17(18,19)20/h14-15H,3-13H2,1-2H3,(H2,21,22,23). The molecular weight excluding hydrogens is 335 g/mol. The fourth-order valence-corrected chi connectivity index (χ4v) is 2.82. The molecule has 0 saturated heterocycles. The molecule has 2 unspecified atom stereocenters. The Morgan fingerprint density at radius 1 is 1.12 bits per heavy atom. The lowest BCUT2D eigenvalue weighted by molar-refractivity contribution is -0.183. The van der Waals surface area contributed by atoms with E-state index in [4.69, 9.17) is 9.47 Å². The van der Waals surface area contributed by atoms with Gasteiger partial charge < -0.3 is 20.1 Å². The summed E-state index contributed by atoms with van der Waals surface area (Å²) in [5, 5.41) is 6.16. The Bertz CT molecular complexity index is 379. The molecule has 0 heterocycles. The number of alkyl halides is 3. The molecule has 0 aromatic heterocycles. The molecule has 1 aliphatic rings. The maximum absolute atomic E-state index is 12.9. The van der Waals surface area contributed by atoms with Crippen LogP contribution in [-0.2, 0) is 9.47 Å². The van der Waals surface area contributed by atoms with Gasteiger partial charge >= 0.3 is 6.18 Å². The van der Waals surface area contributed by atoms with Crippen LogP contribution in [0, 0.1) is 5.92 Å². The van der Waals surface area contributed by atoms with Crippen LogP contribution in [0.25, 0.3) is 0 Å². The Morgan fingerprint density at radius 2 is 1.84 bits per heavy atom. The van der Waals surface area contributed by atoms with Crippen molar-refractivity contribution in [3.8, 4) is 0 Å². The normalized spacial score (nSPS) is 22.0. The van der Waals surface area contributed by atoms with Crippen LogP contribution in [0.5, 0.6) is 0 Å². The van der Waals surface area contributed by atoms with Gasteiger partial charge in [-0.3, -0.25) is 4.99 Å². The highest BCUT2D eigenvalue weighted by atomic mass is 19.4. The number of ether oxygens (including phenoxy) is 2. The van der Waals surface area contributed by atoms with Crippen molar-refractivity contribution >= 4 is 5.96 Å². The minimum Gasteiger partial charge on any atom is -0.379 e. The Morgan fingerprint density at radius 3 is 2.48 bits per heavy atom. The monoisotopic (exact) mass is 367 g/mol. The minimum atomic E-state index is -4.11. The van der Waals surface area contributed by atoms with Gasteiger partial charge in [0, 0.05) is 26.2 Å². The Kier molecular flexibility index (Phi) is 10.9. The summed E-state index contributed by atoms with van der Waals surface area (Å²) in [5.74, 6) is -0.691. The molecule has 0 aromatic rings. The van der Waals surface area contributed by atoms with Gasteiger partial charge in [0.1, 0.15) is 0 Å². The fraction of sp³-hybridized carbons (Fsp3) is 0.941. The van der Waals surface area contributed by atoms with Crippen LogP contribution in [0.15, 0.2) is 4.99 Å². The SMILES string of the molecule is CCCCOCCOCCNC(=NC)NC1CCCC(C(F)(F)F)C1. The third kappa shape index (κ3) is 9.89. The van der Waals surface area contributed by atoms with E-state index in [-0.39, 0.29) is 18.9 Å². The maximum Gasteiger partial charge on any atom is 0.391 e. The summed E-state index contributed by atoms with van der Waals surface area (Å²) in [6.07, 6.45) is -0.289. The zero-order valence-electron chi connectivity index (χ0n) is 15.3. The molecule has 1 saturated carbocycles. The van der Waals surface area contributed by atoms with Crippen molar-refractivity contribution in [2.24, 2.45) is 10.9 Å². The van der Waals surface area contributed by atoms with Crippen LogP contribution in [-0.4, -0.2) is 58.2 Å². The van der Waals surface area contributed by atoms with Crippen molar-refractivity contribution in [1.82, 2.24) is 10.6 Å². The van der Waals surface area contributed by atoms with Crippen molar-refractivity contribution in [2.75, 3.05) is 40.0 Å². The number of halogens is 3. The second-order valence-electron chi connectivity index (χ2n) is 6.32. The molecule has 25 heavy (non-hydrogen) atoms. The minimum absolute atomic E-state index is 0.107. The Labute approximate surface area is 148 Å². The lowest BCUT2D eigenvalue weighted by Crippen LogP contribution is -2.47. The summed E-state index contributed by atoms with van der Waals surface area (Å²) in [7, 11) is 1.61. The summed E-state index contributed by atoms with van der Waals surface area (Å²) < 4.78 is 49.4. The van der Waals surface area contributed by atoms with E-state index in [0.717, 1.165) is 25.9 Å². The van der Waals surface area contributed by atoms with Gasteiger partial charge in [0.25, 0.3) is 0 Å². The largest absolute Gasteiger partial charge is 0.391 e. The number of unbranched alkanes of at least 4 members (excludes halogenated alkanes) is 1. The average molecular weight is 367 g/mol. The van der Waals surface area contributed by atoms with Crippen LogP contribution < -0.4 is 10.6 Å². The van der Waals surface area contributed by atoms with Crippen molar-refractivity contribution in [2.45, 2.75) is 57.7 Å². The molecule has 2 N–H and O–H groups in total. The Hall–Kier alpha value is -1.02. The third-order valence-corrected chi connectivity index (χ3v) is 4.25. The summed E-state index contributed by atoms with van der Waals surface area (Å²) >= 11 is 0. The second-order valence-corrected chi connectivity index (χ2v) is 6.32. The maximum atomic E-state index is 12.9. The van der Waals surface area contributed by atoms with Gasteiger partial charge in [-0.05, 0) is 25.7 Å². The average Bonchev–Trinajstić information content (AvgIpc) is 2.58. The summed E-state index contributed by atoms with van der Waals surface area (Å²) in [5.41, 5.74) is 0. The van der Waals surface area contributed by atoms with Gasteiger partial charge in [-0.15, -0.1) is 0 Å². The molecule has 0 spiro atoms. The molecule has 5 nitrogen and oxygen atoms in total. The van der Waals surface area contributed by atoms with Crippen molar-refractivity contribution in [3.63, 3.8) is 0 Å². The number of nitrogens with one attached hydrogen (secondary N) is 2. The predicted octanol–water partition coefficient (Wildman–Crippen LogP) is 3.11. The molecule has 0 amide bonds. The highest BCUT2D eigenvalue weighted by Gasteiger charge is 2.42. The molecule has 8 heteroatoms. The first kappa shape index (κ1) is 22.0. The van der Waals surface area contributed by atoms with Gasteiger partial charge in [0.2, 0.25) is 0 Å². The fourth-order valence-electron chi connectivity index (χ4n) is 2.82. The predicted molar refractivity (Wildman–Crippen MR) is 92.8 cm³/mol. The van der Waals surface area contributed by atoms with Crippen molar-refractivity contribution < 1.29 is 22.6 Å². The third-order valence-electron chi connectivity index (χ3n) is 4.25. The molecule has 2 atom stereocenters. The van der Waals surface area contributed by atoms with Crippen LogP contribution in [0.1, 0.15) is 45.4 Å². The van der Waals surface area contributed by atoms with Gasteiger partial charge in [-0.1, -0.05) is 19.8 Å². The van der Waals surface area contributed by atoms with Gasteiger partial charge in [-0.25, -0.2) is 0 Å². The highest BCUT2D eigenvalue weighted by Crippen LogP contribution is 2.37. The second kappa shape index (κ2) is 12.4. The van der Waals surface area contributed by atoms with Crippen LogP contribution in [0.4, 0.5) is 13.2 Å². The van der Waals surface area contributed by atoms with Crippen LogP contribution in [0.2, 0.25) is 0 Å². The lowest BCUT2D eigenvalue weighted by Gasteiger charge is -2.31. The van der Waals surface area contributed by atoms with Crippen LogP contribution in [0.3, 0.4) is 0 Å². The summed E-state index contributed by atoms with van der Waals surface area (Å²) in [6, 6.07) is -0.195. The van der Waals surface area contributed by atoms with Gasteiger partial charge in [0.05, 0.1) is 25.7 Å². The van der Waals surface area contributed by atoms with Gasteiger partial charge in [0.15, 0.2) is 5.96 Å². The van der Waals surface area contributed by atoms with E-state index in [2.05, 4.69) is 22.5 Å². The number of aliphatic imine (C=N–C) groups is 1.